The number of hydrogen-bond donors (Lipinski definition) is 1. The van der Waals surface area contributed by atoms with Crippen molar-refractivity contribution in [2.75, 3.05) is 0 Å². The highest BCUT2D eigenvalue weighted by Crippen LogP contribution is 2.31. The molecular weight excluding hydrogens is 482 g/mol. The van der Waals surface area contributed by atoms with E-state index in [0.717, 1.165) is 23.5 Å². The summed E-state index contributed by atoms with van der Waals surface area (Å²) in [4.78, 5) is 37.1. The molecule has 0 amide bonds. The minimum atomic E-state index is -0.964. The first-order valence-corrected chi connectivity index (χ1v) is 11.7. The maximum atomic E-state index is 14.3. The number of imidazole rings is 1. The summed E-state index contributed by atoms with van der Waals surface area (Å²) in [6, 6.07) is 3.34. The number of nitrogens with zero attached hydrogens (tertiary/aromatic N) is 5. The lowest BCUT2D eigenvalue weighted by Crippen LogP contribution is -2.40. The molecular formula is C23H25ClF2N6O3. The third-order valence-electron chi connectivity index (χ3n) is 5.97. The van der Waals surface area contributed by atoms with Crippen LogP contribution in [0.25, 0.3) is 11.2 Å². The minimum Gasteiger partial charge on any atom is -0.339 e. The van der Waals surface area contributed by atoms with Gasteiger partial charge in [0.15, 0.2) is 17.0 Å². The molecule has 0 saturated carbocycles. The summed E-state index contributed by atoms with van der Waals surface area (Å²) in [7, 11) is 0. The third kappa shape index (κ3) is 4.77. The van der Waals surface area contributed by atoms with Crippen molar-refractivity contribution in [2.24, 2.45) is 0 Å². The second kappa shape index (κ2) is 9.73. The van der Waals surface area contributed by atoms with Gasteiger partial charge in [-0.3, -0.25) is 13.9 Å². The van der Waals surface area contributed by atoms with E-state index in [2.05, 4.69) is 20.1 Å². The fraction of sp³-hybridized carbons (Fsp3) is 0.435. The SMILES string of the molecule is CCCCn1c(=O)n(CCCc2nc(C(C)(C)c3ccc(F)cc3F)no2)c(=O)c2[nH]c(Cl)nc21. The quantitative estimate of drug-likeness (QED) is 0.344. The lowest BCUT2D eigenvalue weighted by atomic mass is 9.83. The molecule has 0 unspecified atom stereocenters. The number of H-pyrrole nitrogens is 1. The lowest BCUT2D eigenvalue weighted by Gasteiger charge is -2.21. The lowest BCUT2D eigenvalue weighted by molar-refractivity contribution is 0.359. The van der Waals surface area contributed by atoms with Crippen LogP contribution in [0.3, 0.4) is 0 Å². The average molecular weight is 507 g/mol. The van der Waals surface area contributed by atoms with Crippen molar-refractivity contribution in [3.05, 3.63) is 73.2 Å². The van der Waals surface area contributed by atoms with Crippen molar-refractivity contribution in [1.82, 2.24) is 29.2 Å². The Morgan fingerprint density at radius 1 is 1.11 bits per heavy atom. The molecule has 1 aromatic carbocycles. The van der Waals surface area contributed by atoms with Gasteiger partial charge in [-0.15, -0.1) is 0 Å². The van der Waals surface area contributed by atoms with E-state index in [9.17, 15) is 18.4 Å². The molecule has 0 fully saturated rings. The topological polar surface area (TPSA) is 112 Å². The van der Waals surface area contributed by atoms with Crippen LogP contribution in [0, 0.1) is 11.6 Å². The Balaban J connectivity index is 1.54. The molecule has 0 bridgehead atoms. The first kappa shape index (κ1) is 24.8. The monoisotopic (exact) mass is 506 g/mol. The van der Waals surface area contributed by atoms with Crippen LogP contribution >= 0.6 is 11.6 Å². The molecule has 9 nitrogen and oxygen atoms in total. The predicted octanol–water partition coefficient (Wildman–Crippen LogP) is 3.96. The van der Waals surface area contributed by atoms with Crippen LogP contribution in [-0.4, -0.2) is 29.2 Å². The van der Waals surface area contributed by atoms with E-state index in [1.807, 2.05) is 6.92 Å². The Morgan fingerprint density at radius 2 is 1.86 bits per heavy atom. The molecule has 4 aromatic rings. The highest BCUT2D eigenvalue weighted by atomic mass is 35.5. The number of aromatic nitrogens is 6. The summed E-state index contributed by atoms with van der Waals surface area (Å²) in [5, 5.41) is 4.01. The fourth-order valence-electron chi connectivity index (χ4n) is 3.97. The van der Waals surface area contributed by atoms with E-state index in [-0.39, 0.29) is 46.7 Å². The van der Waals surface area contributed by atoms with E-state index >= 15 is 0 Å². The van der Waals surface area contributed by atoms with Gasteiger partial charge < -0.3 is 9.51 Å². The first-order valence-electron chi connectivity index (χ1n) is 11.3. The molecule has 0 radical (unpaired) electrons. The molecule has 0 atom stereocenters. The Hall–Kier alpha value is -3.34. The number of benzene rings is 1. The number of unbranched alkanes of at least 4 members (excludes halogenated alkanes) is 1. The number of hydrogen-bond acceptors (Lipinski definition) is 6. The molecule has 3 aromatic heterocycles. The number of aryl methyl sites for hydroxylation is 2. The molecule has 0 aliphatic carbocycles. The molecule has 0 aliphatic heterocycles. The Labute approximate surface area is 203 Å². The van der Waals surface area contributed by atoms with Gasteiger partial charge >= 0.3 is 5.69 Å². The predicted molar refractivity (Wildman–Crippen MR) is 126 cm³/mol. The van der Waals surface area contributed by atoms with Gasteiger partial charge in [-0.2, -0.15) is 9.97 Å². The van der Waals surface area contributed by atoms with Gasteiger partial charge in [0.25, 0.3) is 5.56 Å². The Morgan fingerprint density at radius 3 is 2.57 bits per heavy atom. The van der Waals surface area contributed by atoms with E-state index in [1.54, 1.807) is 13.8 Å². The van der Waals surface area contributed by atoms with Crippen LogP contribution in [-0.2, 0) is 24.9 Å². The molecule has 1 N–H and O–H groups in total. The normalized spacial score (nSPS) is 12.1. The first-order chi connectivity index (χ1) is 16.6. The second-order valence-corrected chi connectivity index (χ2v) is 9.19. The van der Waals surface area contributed by atoms with Gasteiger partial charge in [0.05, 0.1) is 5.41 Å². The second-order valence-electron chi connectivity index (χ2n) is 8.84. The number of halogens is 3. The average Bonchev–Trinajstić information content (AvgIpc) is 3.43. The smallest absolute Gasteiger partial charge is 0.332 e. The number of fused-ring (bicyclic) bond motifs is 1. The maximum absolute atomic E-state index is 14.3. The summed E-state index contributed by atoms with van der Waals surface area (Å²) in [6.45, 7) is 5.95. The van der Waals surface area contributed by atoms with E-state index in [0.29, 0.717) is 13.0 Å². The zero-order valence-electron chi connectivity index (χ0n) is 19.6. The van der Waals surface area contributed by atoms with Crippen molar-refractivity contribution < 1.29 is 13.3 Å². The summed E-state index contributed by atoms with van der Waals surface area (Å²) < 4.78 is 35.5. The van der Waals surface area contributed by atoms with Crippen molar-refractivity contribution in [3.8, 4) is 0 Å². The van der Waals surface area contributed by atoms with Gasteiger partial charge in [-0.1, -0.05) is 24.6 Å². The van der Waals surface area contributed by atoms with E-state index in [4.69, 9.17) is 16.1 Å². The number of nitrogens with one attached hydrogen (secondary N) is 1. The van der Waals surface area contributed by atoms with E-state index < -0.39 is 28.3 Å². The van der Waals surface area contributed by atoms with Crippen LogP contribution in [0.2, 0.25) is 5.28 Å². The van der Waals surface area contributed by atoms with Crippen LogP contribution < -0.4 is 11.2 Å². The third-order valence-corrected chi connectivity index (χ3v) is 6.15. The zero-order valence-corrected chi connectivity index (χ0v) is 20.3. The molecule has 3 heterocycles. The largest absolute Gasteiger partial charge is 0.339 e. The summed E-state index contributed by atoms with van der Waals surface area (Å²) in [5.41, 5.74) is -1.28. The highest BCUT2D eigenvalue weighted by molar-refractivity contribution is 6.28. The van der Waals surface area contributed by atoms with Crippen molar-refractivity contribution in [1.29, 1.82) is 0 Å². The highest BCUT2D eigenvalue weighted by Gasteiger charge is 2.32. The maximum Gasteiger partial charge on any atom is 0.332 e. The standard InChI is InChI=1S/C23H25ClF2N6O3/c1-4-5-10-31-18-17(28-21(24)29-18)19(33)32(22(31)34)11-6-7-16-27-20(30-35-16)23(2,3)14-9-8-13(25)12-15(14)26/h8-9,12H,4-7,10-11H2,1-3H3,(H,28,29). The van der Waals surface area contributed by atoms with Crippen LogP contribution in [0.4, 0.5) is 8.78 Å². The summed E-state index contributed by atoms with van der Waals surface area (Å²) in [6.07, 6.45) is 2.26. The molecule has 4 rings (SSSR count). The van der Waals surface area contributed by atoms with Crippen molar-refractivity contribution in [2.45, 2.75) is 65.0 Å². The van der Waals surface area contributed by atoms with Gasteiger partial charge in [0, 0.05) is 31.1 Å². The zero-order chi connectivity index (χ0) is 25.3. The van der Waals surface area contributed by atoms with Gasteiger partial charge in [0.2, 0.25) is 11.2 Å². The van der Waals surface area contributed by atoms with Crippen LogP contribution in [0.5, 0.6) is 0 Å². The molecule has 0 aliphatic rings. The van der Waals surface area contributed by atoms with Crippen molar-refractivity contribution in [3.63, 3.8) is 0 Å². The molecule has 186 valence electrons. The van der Waals surface area contributed by atoms with E-state index in [1.165, 1.54) is 16.7 Å². The number of aromatic amines is 1. The molecule has 0 saturated heterocycles. The van der Waals surface area contributed by atoms with Crippen LogP contribution in [0.1, 0.15) is 57.3 Å². The molecule has 35 heavy (non-hydrogen) atoms. The fourth-order valence-corrected chi connectivity index (χ4v) is 4.14. The Kier molecular flexibility index (Phi) is 6.88. The van der Waals surface area contributed by atoms with Gasteiger partial charge in [-0.25, -0.2) is 13.6 Å². The molecule has 12 heteroatoms. The minimum absolute atomic E-state index is 0.0399. The summed E-state index contributed by atoms with van der Waals surface area (Å²) in [5.74, 6) is -0.851. The molecule has 0 spiro atoms. The van der Waals surface area contributed by atoms with Crippen molar-refractivity contribution >= 4 is 22.8 Å². The van der Waals surface area contributed by atoms with Gasteiger partial charge in [0.1, 0.15) is 11.6 Å². The van der Waals surface area contributed by atoms with Gasteiger partial charge in [-0.05, 0) is 44.4 Å². The summed E-state index contributed by atoms with van der Waals surface area (Å²) >= 11 is 5.95. The Bertz CT molecular complexity index is 1490. The number of rotatable bonds is 9. The van der Waals surface area contributed by atoms with Crippen LogP contribution in [0.15, 0.2) is 32.3 Å².